The van der Waals surface area contributed by atoms with Gasteiger partial charge in [0.2, 0.25) is 0 Å². The molecule has 0 saturated carbocycles. The number of fused-ring (bicyclic) bond motifs is 1. The molecule has 20 heavy (non-hydrogen) atoms. The van der Waals surface area contributed by atoms with Crippen molar-refractivity contribution in [3.05, 3.63) is 64.5 Å². The van der Waals surface area contributed by atoms with Crippen molar-refractivity contribution in [2.75, 3.05) is 0 Å². The molecule has 0 N–H and O–H groups in total. The SMILES string of the molecule is Cc1ccc(F)cc1COc1cccc2c1CCC2=O. The smallest absolute Gasteiger partial charge is 0.163 e. The third kappa shape index (κ3) is 2.31. The Morgan fingerprint density at radius 2 is 2.05 bits per heavy atom. The number of rotatable bonds is 3. The summed E-state index contributed by atoms with van der Waals surface area (Å²) >= 11 is 0. The van der Waals surface area contributed by atoms with E-state index in [9.17, 15) is 9.18 Å². The van der Waals surface area contributed by atoms with Crippen molar-refractivity contribution >= 4 is 5.78 Å². The van der Waals surface area contributed by atoms with Crippen LogP contribution >= 0.6 is 0 Å². The maximum atomic E-state index is 13.2. The highest BCUT2D eigenvalue weighted by molar-refractivity contribution is 6.01. The Kier molecular flexibility index (Phi) is 3.26. The number of hydrogen-bond donors (Lipinski definition) is 0. The molecular weight excluding hydrogens is 255 g/mol. The summed E-state index contributed by atoms with van der Waals surface area (Å²) < 4.78 is 19.0. The van der Waals surface area contributed by atoms with Crippen LogP contribution in [0.1, 0.15) is 33.5 Å². The Labute approximate surface area is 117 Å². The van der Waals surface area contributed by atoms with Gasteiger partial charge in [-0.05, 0) is 42.7 Å². The van der Waals surface area contributed by atoms with Gasteiger partial charge in [0.05, 0.1) is 0 Å². The number of ether oxygens (including phenoxy) is 1. The molecule has 0 spiro atoms. The van der Waals surface area contributed by atoms with E-state index in [4.69, 9.17) is 4.74 Å². The van der Waals surface area contributed by atoms with E-state index in [1.54, 1.807) is 6.07 Å². The summed E-state index contributed by atoms with van der Waals surface area (Å²) in [5.41, 5.74) is 3.56. The van der Waals surface area contributed by atoms with Crippen LogP contribution < -0.4 is 4.74 Å². The van der Waals surface area contributed by atoms with Gasteiger partial charge in [0.25, 0.3) is 0 Å². The van der Waals surface area contributed by atoms with Gasteiger partial charge >= 0.3 is 0 Å². The van der Waals surface area contributed by atoms with Crippen molar-refractivity contribution in [2.24, 2.45) is 0 Å². The fourth-order valence-electron chi connectivity index (χ4n) is 2.54. The van der Waals surface area contributed by atoms with Crippen molar-refractivity contribution in [2.45, 2.75) is 26.4 Å². The number of halogens is 1. The predicted octanol–water partition coefficient (Wildman–Crippen LogP) is 3.84. The van der Waals surface area contributed by atoms with Crippen molar-refractivity contribution in [1.82, 2.24) is 0 Å². The van der Waals surface area contributed by atoms with E-state index >= 15 is 0 Å². The number of aryl methyl sites for hydroxylation is 1. The first-order chi connectivity index (χ1) is 9.65. The van der Waals surface area contributed by atoms with Gasteiger partial charge in [-0.1, -0.05) is 18.2 Å². The third-order valence-corrected chi connectivity index (χ3v) is 3.73. The highest BCUT2D eigenvalue weighted by Crippen LogP contribution is 2.31. The number of Topliss-reactive ketones (excluding diaryl/α,β-unsaturated/α-hetero) is 1. The molecule has 2 aromatic carbocycles. The van der Waals surface area contributed by atoms with Crippen LogP contribution in [0.5, 0.6) is 5.75 Å². The zero-order chi connectivity index (χ0) is 14.1. The van der Waals surface area contributed by atoms with Crippen LogP contribution in [-0.4, -0.2) is 5.78 Å². The lowest BCUT2D eigenvalue weighted by Gasteiger charge is -2.12. The molecule has 0 fully saturated rings. The summed E-state index contributed by atoms with van der Waals surface area (Å²) in [7, 11) is 0. The van der Waals surface area contributed by atoms with Crippen LogP contribution in [0.15, 0.2) is 36.4 Å². The molecule has 102 valence electrons. The van der Waals surface area contributed by atoms with Crippen LogP contribution in [0.2, 0.25) is 0 Å². The molecule has 2 aromatic rings. The van der Waals surface area contributed by atoms with Crippen molar-refractivity contribution in [3.8, 4) is 5.75 Å². The molecule has 1 aliphatic carbocycles. The van der Waals surface area contributed by atoms with E-state index < -0.39 is 0 Å². The van der Waals surface area contributed by atoms with E-state index in [1.807, 2.05) is 25.1 Å². The normalized spacial score (nSPS) is 13.4. The summed E-state index contributed by atoms with van der Waals surface area (Å²) in [6.07, 6.45) is 1.28. The molecular formula is C17H15FO2. The Balaban J connectivity index is 1.83. The highest BCUT2D eigenvalue weighted by atomic mass is 19.1. The molecule has 0 heterocycles. The van der Waals surface area contributed by atoms with E-state index in [2.05, 4.69) is 0 Å². The molecule has 0 radical (unpaired) electrons. The van der Waals surface area contributed by atoms with Gasteiger partial charge in [-0.15, -0.1) is 0 Å². The summed E-state index contributed by atoms with van der Waals surface area (Å²) in [6.45, 7) is 2.24. The van der Waals surface area contributed by atoms with Crippen molar-refractivity contribution < 1.29 is 13.9 Å². The molecule has 0 saturated heterocycles. The first kappa shape index (κ1) is 12.9. The van der Waals surface area contributed by atoms with Gasteiger partial charge in [0.15, 0.2) is 5.78 Å². The number of ketones is 1. The maximum absolute atomic E-state index is 13.2. The largest absolute Gasteiger partial charge is 0.489 e. The average molecular weight is 270 g/mol. The molecule has 0 atom stereocenters. The fraction of sp³-hybridized carbons (Fsp3) is 0.235. The first-order valence-electron chi connectivity index (χ1n) is 6.68. The average Bonchev–Trinajstić information content (AvgIpc) is 2.82. The van der Waals surface area contributed by atoms with Gasteiger partial charge in [0.1, 0.15) is 18.2 Å². The topological polar surface area (TPSA) is 26.3 Å². The molecule has 0 aliphatic heterocycles. The highest BCUT2D eigenvalue weighted by Gasteiger charge is 2.22. The zero-order valence-electron chi connectivity index (χ0n) is 11.3. The quantitative estimate of drug-likeness (QED) is 0.847. The molecule has 0 aromatic heterocycles. The minimum absolute atomic E-state index is 0.174. The lowest BCUT2D eigenvalue weighted by Crippen LogP contribution is -2.01. The summed E-state index contributed by atoms with van der Waals surface area (Å²) in [4.78, 5) is 11.7. The maximum Gasteiger partial charge on any atom is 0.163 e. The predicted molar refractivity (Wildman–Crippen MR) is 74.6 cm³/mol. The summed E-state index contributed by atoms with van der Waals surface area (Å²) in [6, 6.07) is 10.2. The monoisotopic (exact) mass is 270 g/mol. The zero-order valence-corrected chi connectivity index (χ0v) is 11.3. The van der Waals surface area contributed by atoms with Crippen molar-refractivity contribution in [3.63, 3.8) is 0 Å². The third-order valence-electron chi connectivity index (χ3n) is 3.73. The summed E-state index contributed by atoms with van der Waals surface area (Å²) in [5, 5.41) is 0. The van der Waals surface area contributed by atoms with Crippen LogP contribution in [0.3, 0.4) is 0 Å². The molecule has 0 unspecified atom stereocenters. The van der Waals surface area contributed by atoms with Gasteiger partial charge in [-0.25, -0.2) is 4.39 Å². The molecule has 3 rings (SSSR count). The second-order valence-corrected chi connectivity index (χ2v) is 5.06. The molecule has 1 aliphatic rings. The minimum Gasteiger partial charge on any atom is -0.489 e. The second-order valence-electron chi connectivity index (χ2n) is 5.06. The van der Waals surface area contributed by atoms with Crippen LogP contribution in [0.4, 0.5) is 4.39 Å². The number of carbonyl (C=O) groups is 1. The Morgan fingerprint density at radius 1 is 1.20 bits per heavy atom. The molecule has 0 amide bonds. The van der Waals surface area contributed by atoms with Crippen molar-refractivity contribution in [1.29, 1.82) is 0 Å². The Hall–Kier alpha value is -2.16. The minimum atomic E-state index is -0.261. The number of benzene rings is 2. The van der Waals surface area contributed by atoms with E-state index in [0.29, 0.717) is 13.0 Å². The molecule has 0 bridgehead atoms. The van der Waals surface area contributed by atoms with Crippen LogP contribution in [0, 0.1) is 12.7 Å². The molecule has 3 heteroatoms. The Morgan fingerprint density at radius 3 is 2.90 bits per heavy atom. The van der Waals surface area contributed by atoms with Gasteiger partial charge in [-0.2, -0.15) is 0 Å². The van der Waals surface area contributed by atoms with Gasteiger partial charge < -0.3 is 4.74 Å². The Bertz CT molecular complexity index is 677. The van der Waals surface area contributed by atoms with Gasteiger partial charge in [0, 0.05) is 17.5 Å². The fourth-order valence-corrected chi connectivity index (χ4v) is 2.54. The number of hydrogen-bond acceptors (Lipinski definition) is 2. The lowest BCUT2D eigenvalue weighted by molar-refractivity contribution is 0.0994. The lowest BCUT2D eigenvalue weighted by atomic mass is 10.1. The first-order valence-corrected chi connectivity index (χ1v) is 6.68. The molecule has 2 nitrogen and oxygen atoms in total. The van der Waals surface area contributed by atoms with Crippen LogP contribution in [0.25, 0.3) is 0 Å². The number of carbonyl (C=O) groups excluding carboxylic acids is 1. The van der Waals surface area contributed by atoms with Crippen LogP contribution in [-0.2, 0) is 13.0 Å². The standard InChI is InChI=1S/C17H15FO2/c1-11-5-6-13(18)9-12(11)10-20-17-4-2-3-14-15(17)7-8-16(14)19/h2-6,9H,7-8,10H2,1H3. The van der Waals surface area contributed by atoms with Gasteiger partial charge in [-0.3, -0.25) is 4.79 Å². The van der Waals surface area contributed by atoms with E-state index in [-0.39, 0.29) is 11.6 Å². The second kappa shape index (κ2) is 5.08. The summed E-state index contributed by atoms with van der Waals surface area (Å²) in [5.74, 6) is 0.645. The van der Waals surface area contributed by atoms with E-state index in [0.717, 1.165) is 34.4 Å². The van der Waals surface area contributed by atoms with E-state index in [1.165, 1.54) is 12.1 Å².